The van der Waals surface area contributed by atoms with Crippen LogP contribution in [-0.4, -0.2) is 28.8 Å². The minimum Gasteiger partial charge on any atom is -0.284 e. The van der Waals surface area contributed by atoms with Gasteiger partial charge < -0.3 is 0 Å². The van der Waals surface area contributed by atoms with Crippen molar-refractivity contribution in [3.8, 4) is 0 Å². The number of alkyl halides is 3. The fourth-order valence-electron chi connectivity index (χ4n) is 1.43. The summed E-state index contributed by atoms with van der Waals surface area (Å²) in [5.74, 6) is -0.730. The molecule has 0 amide bonds. The van der Waals surface area contributed by atoms with Crippen molar-refractivity contribution in [3.05, 3.63) is 24.3 Å². The number of hydrogen-bond donors (Lipinski definition) is 2. The Kier molecular flexibility index (Phi) is 5.23. The fraction of sp³-hybridized carbons (Fsp3) is 0.400. The number of nitrogens with one attached hydrogen (secondary N) is 1. The summed E-state index contributed by atoms with van der Waals surface area (Å²) in [6.07, 6.45) is -6.23. The number of rotatable bonds is 6. The molecule has 0 saturated carbocycles. The maximum atomic E-state index is 11.9. The van der Waals surface area contributed by atoms with Crippen molar-refractivity contribution in [2.75, 3.05) is 10.5 Å². The van der Waals surface area contributed by atoms with Gasteiger partial charge in [-0.3, -0.25) is 4.72 Å². The maximum absolute atomic E-state index is 11.9. The molecule has 0 aromatic heterocycles. The lowest BCUT2D eigenvalue weighted by molar-refractivity contribution is -0.134. The fourth-order valence-corrected chi connectivity index (χ4v) is 3.10. The Morgan fingerprint density at radius 3 is 2.29 bits per heavy atom. The Morgan fingerprint density at radius 1 is 1.14 bits per heavy atom. The second-order valence-corrected chi connectivity index (χ2v) is 7.62. The van der Waals surface area contributed by atoms with Crippen LogP contribution in [0.15, 0.2) is 29.2 Å². The summed E-state index contributed by atoms with van der Waals surface area (Å²) >= 11 is 0. The lowest BCUT2D eigenvalue weighted by Gasteiger charge is -2.10. The second-order valence-electron chi connectivity index (χ2n) is 4.21. The van der Waals surface area contributed by atoms with E-state index in [1.807, 2.05) is 4.72 Å². The van der Waals surface area contributed by atoms with E-state index in [1.54, 1.807) is 0 Å². The SMILES string of the molecule is NS(=O)(=O)c1cccc(NS(=O)(=O)CCCC(F)(F)F)c1. The Labute approximate surface area is 120 Å². The van der Waals surface area contributed by atoms with Crippen molar-refractivity contribution in [2.45, 2.75) is 23.9 Å². The first kappa shape index (κ1) is 17.7. The molecule has 0 atom stereocenters. The van der Waals surface area contributed by atoms with Crippen molar-refractivity contribution < 1.29 is 30.0 Å². The zero-order chi connectivity index (χ0) is 16.3. The van der Waals surface area contributed by atoms with Gasteiger partial charge in [0, 0.05) is 12.1 Å². The average molecular weight is 346 g/mol. The summed E-state index contributed by atoms with van der Waals surface area (Å²) in [7, 11) is -8.01. The summed E-state index contributed by atoms with van der Waals surface area (Å²) in [6.45, 7) is 0. The molecule has 0 aliphatic heterocycles. The Bertz CT molecular complexity index is 699. The third-order valence-electron chi connectivity index (χ3n) is 2.31. The van der Waals surface area contributed by atoms with E-state index in [1.165, 1.54) is 12.1 Å². The summed E-state index contributed by atoms with van der Waals surface area (Å²) in [5, 5.41) is 4.89. The van der Waals surface area contributed by atoms with Gasteiger partial charge in [0.1, 0.15) is 0 Å². The van der Waals surface area contributed by atoms with Crippen LogP contribution in [0.2, 0.25) is 0 Å². The molecule has 6 nitrogen and oxygen atoms in total. The number of nitrogens with two attached hydrogens (primary N) is 1. The molecule has 0 radical (unpaired) electrons. The van der Waals surface area contributed by atoms with Crippen LogP contribution in [0.1, 0.15) is 12.8 Å². The summed E-state index contributed by atoms with van der Waals surface area (Å²) < 4.78 is 83.2. The molecule has 3 N–H and O–H groups in total. The van der Waals surface area contributed by atoms with Gasteiger partial charge in [0.25, 0.3) is 0 Å². The standard InChI is InChI=1S/C10H13F3N2O4S2/c11-10(12,13)5-2-6-20(16,17)15-8-3-1-4-9(7-8)21(14,18)19/h1,3-4,7,15H,2,5-6H2,(H2,14,18,19). The highest BCUT2D eigenvalue weighted by Gasteiger charge is 2.27. The number of halogens is 3. The smallest absolute Gasteiger partial charge is 0.284 e. The summed E-state index contributed by atoms with van der Waals surface area (Å²) in [4.78, 5) is -0.307. The number of benzene rings is 1. The lowest BCUT2D eigenvalue weighted by atomic mass is 10.3. The van der Waals surface area contributed by atoms with E-state index in [4.69, 9.17) is 5.14 Å². The molecule has 0 aliphatic rings. The first-order valence-corrected chi connectivity index (χ1v) is 8.79. The predicted molar refractivity (Wildman–Crippen MR) is 70.5 cm³/mol. The van der Waals surface area contributed by atoms with Crippen molar-refractivity contribution in [2.24, 2.45) is 5.14 Å². The van der Waals surface area contributed by atoms with Crippen molar-refractivity contribution in [1.82, 2.24) is 0 Å². The van der Waals surface area contributed by atoms with E-state index in [-0.39, 0.29) is 10.6 Å². The summed E-state index contributed by atoms with van der Waals surface area (Å²) in [6, 6.07) is 4.66. The topological polar surface area (TPSA) is 106 Å². The van der Waals surface area contributed by atoms with Crippen LogP contribution < -0.4 is 9.86 Å². The van der Waals surface area contributed by atoms with Crippen LogP contribution >= 0.6 is 0 Å². The van der Waals surface area contributed by atoms with Crippen LogP contribution in [0.25, 0.3) is 0 Å². The third kappa shape index (κ3) is 6.78. The van der Waals surface area contributed by atoms with Crippen molar-refractivity contribution in [3.63, 3.8) is 0 Å². The molecular weight excluding hydrogens is 333 g/mol. The van der Waals surface area contributed by atoms with E-state index in [0.717, 1.165) is 12.1 Å². The van der Waals surface area contributed by atoms with E-state index in [0.29, 0.717) is 0 Å². The monoisotopic (exact) mass is 346 g/mol. The molecule has 0 fully saturated rings. The maximum Gasteiger partial charge on any atom is 0.389 e. The minimum atomic E-state index is -4.43. The van der Waals surface area contributed by atoms with E-state index in [9.17, 15) is 30.0 Å². The molecule has 0 aliphatic carbocycles. The minimum absolute atomic E-state index is 0.0893. The van der Waals surface area contributed by atoms with Gasteiger partial charge in [0.2, 0.25) is 20.0 Å². The third-order valence-corrected chi connectivity index (χ3v) is 4.59. The quantitative estimate of drug-likeness (QED) is 0.812. The normalized spacial score (nSPS) is 13.1. The number of hydrogen-bond acceptors (Lipinski definition) is 4. The molecule has 0 saturated heterocycles. The van der Waals surface area contributed by atoms with Gasteiger partial charge in [-0.15, -0.1) is 0 Å². The first-order valence-electron chi connectivity index (χ1n) is 5.59. The Hall–Kier alpha value is -1.33. The molecule has 0 bridgehead atoms. The molecule has 0 unspecified atom stereocenters. The van der Waals surface area contributed by atoms with Crippen LogP contribution in [0.3, 0.4) is 0 Å². The van der Waals surface area contributed by atoms with Crippen LogP contribution in [0.4, 0.5) is 18.9 Å². The zero-order valence-corrected chi connectivity index (χ0v) is 12.2. The van der Waals surface area contributed by atoms with Crippen molar-refractivity contribution in [1.29, 1.82) is 0 Å². The van der Waals surface area contributed by atoms with Crippen LogP contribution in [0.5, 0.6) is 0 Å². The Morgan fingerprint density at radius 2 is 1.76 bits per heavy atom. The molecule has 11 heteroatoms. The second kappa shape index (κ2) is 6.20. The predicted octanol–water partition coefficient (Wildman–Crippen LogP) is 1.42. The molecule has 120 valence electrons. The molecular formula is C10H13F3N2O4S2. The largest absolute Gasteiger partial charge is 0.389 e. The van der Waals surface area contributed by atoms with E-state index < -0.39 is 44.8 Å². The highest BCUT2D eigenvalue weighted by Crippen LogP contribution is 2.22. The zero-order valence-electron chi connectivity index (χ0n) is 10.6. The van der Waals surface area contributed by atoms with E-state index >= 15 is 0 Å². The molecule has 0 heterocycles. The van der Waals surface area contributed by atoms with Gasteiger partial charge in [0.05, 0.1) is 10.6 Å². The van der Waals surface area contributed by atoms with Gasteiger partial charge in [0.15, 0.2) is 0 Å². The van der Waals surface area contributed by atoms with Gasteiger partial charge in [-0.05, 0) is 24.6 Å². The molecule has 0 spiro atoms. The molecule has 1 aromatic rings. The molecule has 21 heavy (non-hydrogen) atoms. The van der Waals surface area contributed by atoms with Gasteiger partial charge >= 0.3 is 6.18 Å². The molecule has 1 rings (SSSR count). The average Bonchev–Trinajstić information content (AvgIpc) is 2.25. The van der Waals surface area contributed by atoms with Crippen LogP contribution in [-0.2, 0) is 20.0 Å². The van der Waals surface area contributed by atoms with Crippen LogP contribution in [0, 0.1) is 0 Å². The van der Waals surface area contributed by atoms with E-state index in [2.05, 4.69) is 0 Å². The highest BCUT2D eigenvalue weighted by molar-refractivity contribution is 7.92. The lowest BCUT2D eigenvalue weighted by Crippen LogP contribution is -2.19. The number of primary sulfonamides is 1. The first-order chi connectivity index (χ1) is 9.39. The van der Waals surface area contributed by atoms with Crippen molar-refractivity contribution >= 4 is 25.7 Å². The number of sulfonamides is 2. The molecule has 1 aromatic carbocycles. The Balaban J connectivity index is 2.76. The summed E-state index contributed by atoms with van der Waals surface area (Å²) in [5.41, 5.74) is -0.0893. The van der Waals surface area contributed by atoms with Gasteiger partial charge in [-0.1, -0.05) is 6.07 Å². The van der Waals surface area contributed by atoms with Gasteiger partial charge in [-0.2, -0.15) is 13.2 Å². The number of anilines is 1. The van der Waals surface area contributed by atoms with Gasteiger partial charge in [-0.25, -0.2) is 22.0 Å². The highest BCUT2D eigenvalue weighted by atomic mass is 32.2.